The van der Waals surface area contributed by atoms with Crippen LogP contribution in [-0.2, 0) is 11.3 Å². The monoisotopic (exact) mass is 378 g/mol. The molecule has 8 nitrogen and oxygen atoms in total. The Morgan fingerprint density at radius 1 is 1.25 bits per heavy atom. The minimum atomic E-state index is -0.186. The van der Waals surface area contributed by atoms with Gasteiger partial charge >= 0.3 is 0 Å². The number of hydrogen-bond donors (Lipinski definition) is 1. The average Bonchev–Trinajstić information content (AvgIpc) is 3.21. The Morgan fingerprint density at radius 2 is 2.07 bits per heavy atom. The van der Waals surface area contributed by atoms with Crippen LogP contribution in [0.4, 0.5) is 0 Å². The summed E-state index contributed by atoms with van der Waals surface area (Å²) in [7, 11) is 3.34. The van der Waals surface area contributed by atoms with Crippen LogP contribution in [0, 0.1) is 0 Å². The van der Waals surface area contributed by atoms with Crippen LogP contribution < -0.4 is 5.32 Å². The van der Waals surface area contributed by atoms with Crippen molar-refractivity contribution < 1.29 is 9.59 Å². The molecular formula is C20H22N6O2. The molecule has 8 heteroatoms. The number of benzene rings is 1. The molecule has 1 aromatic carbocycles. The predicted octanol–water partition coefficient (Wildman–Crippen LogP) is 1.92. The van der Waals surface area contributed by atoms with Gasteiger partial charge in [-0.05, 0) is 30.7 Å². The lowest BCUT2D eigenvalue weighted by atomic mass is 10.0. The lowest BCUT2D eigenvalue weighted by molar-refractivity contribution is -0.121. The molecule has 0 unspecified atom stereocenters. The molecule has 0 spiro atoms. The van der Waals surface area contributed by atoms with E-state index in [1.165, 1.54) is 6.33 Å². The van der Waals surface area contributed by atoms with E-state index in [2.05, 4.69) is 20.4 Å². The number of carbonyl (C=O) groups is 2. The minimum absolute atomic E-state index is 0.106. The molecule has 144 valence electrons. The summed E-state index contributed by atoms with van der Waals surface area (Å²) in [6.07, 6.45) is 6.60. The molecule has 2 aromatic heterocycles. The minimum Gasteiger partial charge on any atom is -0.358 e. The molecular weight excluding hydrogens is 356 g/mol. The van der Waals surface area contributed by atoms with Gasteiger partial charge in [0.15, 0.2) is 0 Å². The topological polar surface area (TPSA) is 93.0 Å². The standard InChI is InChI=1S/C20H22N6O2/c1-14(18-7-8-22-13-23-18)25(3)20(28)16-6-4-5-15(9-16)17-10-24-26(11-17)12-19(27)21-2/h4-11,13-14H,12H2,1-3H3,(H,21,27)/t14-/m1/s1. The first-order valence-electron chi connectivity index (χ1n) is 8.86. The Kier molecular flexibility index (Phi) is 5.78. The zero-order chi connectivity index (χ0) is 20.1. The first kappa shape index (κ1) is 19.2. The van der Waals surface area contributed by atoms with E-state index in [-0.39, 0.29) is 24.4 Å². The fourth-order valence-corrected chi connectivity index (χ4v) is 2.78. The van der Waals surface area contributed by atoms with Gasteiger partial charge in [-0.1, -0.05) is 12.1 Å². The molecule has 2 amide bonds. The number of hydrogen-bond acceptors (Lipinski definition) is 5. The number of aromatic nitrogens is 4. The molecule has 28 heavy (non-hydrogen) atoms. The third-order valence-electron chi connectivity index (χ3n) is 4.59. The second-order valence-electron chi connectivity index (χ2n) is 6.41. The Balaban J connectivity index is 1.79. The van der Waals surface area contributed by atoms with Crippen molar-refractivity contribution in [3.63, 3.8) is 0 Å². The third kappa shape index (κ3) is 4.22. The first-order valence-corrected chi connectivity index (χ1v) is 8.86. The Morgan fingerprint density at radius 3 is 2.79 bits per heavy atom. The van der Waals surface area contributed by atoms with E-state index in [1.54, 1.807) is 54.4 Å². The SMILES string of the molecule is CNC(=O)Cn1cc(-c2cccc(C(=O)N(C)[C@H](C)c3ccncn3)c2)cn1. The van der Waals surface area contributed by atoms with Gasteiger partial charge in [0.25, 0.3) is 5.91 Å². The predicted molar refractivity (Wildman–Crippen MR) is 104 cm³/mol. The quantitative estimate of drug-likeness (QED) is 0.707. The van der Waals surface area contributed by atoms with Gasteiger partial charge in [-0.25, -0.2) is 9.97 Å². The average molecular weight is 378 g/mol. The highest BCUT2D eigenvalue weighted by atomic mass is 16.2. The van der Waals surface area contributed by atoms with Crippen molar-refractivity contribution in [1.29, 1.82) is 0 Å². The summed E-state index contributed by atoms with van der Waals surface area (Å²) in [4.78, 5) is 34.2. The van der Waals surface area contributed by atoms with Gasteiger partial charge < -0.3 is 10.2 Å². The molecule has 0 aliphatic carbocycles. The molecule has 0 fully saturated rings. The van der Waals surface area contributed by atoms with Crippen molar-refractivity contribution >= 4 is 11.8 Å². The van der Waals surface area contributed by atoms with Gasteiger partial charge in [0.05, 0.1) is 17.9 Å². The molecule has 1 atom stereocenters. The summed E-state index contributed by atoms with van der Waals surface area (Å²) in [6, 6.07) is 8.96. The number of nitrogens with one attached hydrogen (secondary N) is 1. The highest BCUT2D eigenvalue weighted by Crippen LogP contribution is 2.23. The van der Waals surface area contributed by atoms with Gasteiger partial charge in [0, 0.05) is 37.6 Å². The van der Waals surface area contributed by atoms with Crippen molar-refractivity contribution in [3.05, 3.63) is 66.5 Å². The fraction of sp³-hybridized carbons (Fsp3) is 0.250. The van der Waals surface area contributed by atoms with Crippen molar-refractivity contribution in [2.24, 2.45) is 0 Å². The van der Waals surface area contributed by atoms with Crippen LogP contribution in [0.1, 0.15) is 29.0 Å². The third-order valence-corrected chi connectivity index (χ3v) is 4.59. The van der Waals surface area contributed by atoms with Crippen LogP contribution in [0.15, 0.2) is 55.2 Å². The van der Waals surface area contributed by atoms with E-state index in [0.29, 0.717) is 5.56 Å². The van der Waals surface area contributed by atoms with Crippen molar-refractivity contribution in [3.8, 4) is 11.1 Å². The van der Waals surface area contributed by atoms with Crippen LogP contribution in [0.3, 0.4) is 0 Å². The lowest BCUT2D eigenvalue weighted by Gasteiger charge is -2.24. The maximum absolute atomic E-state index is 12.9. The lowest BCUT2D eigenvalue weighted by Crippen LogP contribution is -2.30. The van der Waals surface area contributed by atoms with Crippen LogP contribution in [0.25, 0.3) is 11.1 Å². The number of likely N-dealkylation sites (N-methyl/N-ethyl adjacent to an activating group) is 1. The van der Waals surface area contributed by atoms with Crippen LogP contribution in [-0.4, -0.2) is 50.6 Å². The smallest absolute Gasteiger partial charge is 0.254 e. The zero-order valence-electron chi connectivity index (χ0n) is 16.0. The zero-order valence-corrected chi connectivity index (χ0v) is 16.0. The van der Waals surface area contributed by atoms with E-state index in [0.717, 1.165) is 16.8 Å². The molecule has 3 rings (SSSR count). The highest BCUT2D eigenvalue weighted by Gasteiger charge is 2.20. The fourth-order valence-electron chi connectivity index (χ4n) is 2.78. The Bertz CT molecular complexity index is 970. The molecule has 0 saturated heterocycles. The van der Waals surface area contributed by atoms with Crippen molar-refractivity contribution in [2.75, 3.05) is 14.1 Å². The molecule has 1 N–H and O–H groups in total. The van der Waals surface area contributed by atoms with Crippen LogP contribution in [0.5, 0.6) is 0 Å². The Labute approximate surface area is 163 Å². The van der Waals surface area contributed by atoms with Gasteiger partial charge in [0.1, 0.15) is 12.9 Å². The molecule has 3 aromatic rings. The van der Waals surface area contributed by atoms with Crippen LogP contribution >= 0.6 is 0 Å². The number of rotatable bonds is 6. The summed E-state index contributed by atoms with van der Waals surface area (Å²) in [5, 5.41) is 6.77. The Hall–Kier alpha value is -3.55. The maximum Gasteiger partial charge on any atom is 0.254 e. The molecule has 0 aliphatic heterocycles. The second kappa shape index (κ2) is 8.43. The molecule has 0 aliphatic rings. The molecule has 0 saturated carbocycles. The van der Waals surface area contributed by atoms with E-state index >= 15 is 0 Å². The van der Waals surface area contributed by atoms with Gasteiger partial charge in [-0.2, -0.15) is 5.10 Å². The summed E-state index contributed by atoms with van der Waals surface area (Å²) in [5.41, 5.74) is 3.04. The highest BCUT2D eigenvalue weighted by molar-refractivity contribution is 5.95. The normalized spacial score (nSPS) is 11.7. The number of amides is 2. The van der Waals surface area contributed by atoms with E-state index < -0.39 is 0 Å². The number of nitrogens with zero attached hydrogens (tertiary/aromatic N) is 5. The first-order chi connectivity index (χ1) is 13.5. The second-order valence-corrected chi connectivity index (χ2v) is 6.41. The number of carbonyl (C=O) groups excluding carboxylic acids is 2. The van der Waals surface area contributed by atoms with Crippen molar-refractivity contribution in [1.82, 2.24) is 30.0 Å². The summed E-state index contributed by atoms with van der Waals surface area (Å²) < 4.78 is 1.56. The molecule has 0 radical (unpaired) electrons. The van der Waals surface area contributed by atoms with E-state index in [9.17, 15) is 9.59 Å². The van der Waals surface area contributed by atoms with Gasteiger partial charge in [0.2, 0.25) is 5.91 Å². The van der Waals surface area contributed by atoms with E-state index in [4.69, 9.17) is 0 Å². The molecule has 0 bridgehead atoms. The summed E-state index contributed by atoms with van der Waals surface area (Å²) >= 11 is 0. The summed E-state index contributed by atoms with van der Waals surface area (Å²) in [6.45, 7) is 2.07. The van der Waals surface area contributed by atoms with E-state index in [1.807, 2.05) is 25.1 Å². The maximum atomic E-state index is 12.9. The van der Waals surface area contributed by atoms with Crippen molar-refractivity contribution in [2.45, 2.75) is 19.5 Å². The summed E-state index contributed by atoms with van der Waals surface area (Å²) in [5.74, 6) is -0.232. The van der Waals surface area contributed by atoms with Gasteiger partial charge in [-0.3, -0.25) is 14.3 Å². The van der Waals surface area contributed by atoms with Crippen LogP contribution in [0.2, 0.25) is 0 Å². The largest absolute Gasteiger partial charge is 0.358 e. The molecule has 2 heterocycles. The van der Waals surface area contributed by atoms with Gasteiger partial charge in [-0.15, -0.1) is 0 Å².